The van der Waals surface area contributed by atoms with Crippen molar-refractivity contribution in [3.8, 4) is 0 Å². The number of likely N-dealkylation sites (tertiary alicyclic amines) is 2. The Kier molecular flexibility index (Phi) is 6.21. The van der Waals surface area contributed by atoms with Crippen molar-refractivity contribution in [3.63, 3.8) is 0 Å². The quantitative estimate of drug-likeness (QED) is 0.833. The molecule has 1 N–H and O–H groups in total. The van der Waals surface area contributed by atoms with Crippen LogP contribution in [0.2, 0.25) is 0 Å². The van der Waals surface area contributed by atoms with Crippen molar-refractivity contribution in [1.29, 1.82) is 0 Å². The van der Waals surface area contributed by atoms with Crippen LogP contribution in [0.15, 0.2) is 47.3 Å². The molecule has 29 heavy (non-hydrogen) atoms. The third-order valence-corrected chi connectivity index (χ3v) is 4.99. The minimum Gasteiger partial charge on any atom is -0.475 e. The first kappa shape index (κ1) is 20.8. The summed E-state index contributed by atoms with van der Waals surface area (Å²) < 4.78 is 37.2. The van der Waals surface area contributed by atoms with E-state index in [4.69, 9.17) is 14.3 Å². The number of alkyl halides is 3. The molecule has 0 aliphatic carbocycles. The fraction of sp³-hybridized carbons (Fsp3) is 0.421. The van der Waals surface area contributed by atoms with E-state index < -0.39 is 12.1 Å². The van der Waals surface area contributed by atoms with Crippen LogP contribution in [0.3, 0.4) is 0 Å². The first-order valence-corrected chi connectivity index (χ1v) is 9.00. The van der Waals surface area contributed by atoms with Crippen LogP contribution in [0, 0.1) is 0 Å². The number of hydrogen-bond acceptors (Lipinski definition) is 5. The van der Waals surface area contributed by atoms with Gasteiger partial charge in [-0.3, -0.25) is 14.7 Å². The topological polar surface area (TPSA) is 86.9 Å². The summed E-state index contributed by atoms with van der Waals surface area (Å²) in [5.41, 5.74) is 1.10. The van der Waals surface area contributed by atoms with Crippen LogP contribution < -0.4 is 0 Å². The maximum absolute atomic E-state index is 12.4. The van der Waals surface area contributed by atoms with E-state index >= 15 is 0 Å². The largest absolute Gasteiger partial charge is 0.490 e. The minimum absolute atomic E-state index is 0.253. The molecule has 0 aromatic carbocycles. The molecule has 2 aliphatic rings. The van der Waals surface area contributed by atoms with Gasteiger partial charge in [0.1, 0.15) is 5.76 Å². The number of pyridine rings is 1. The van der Waals surface area contributed by atoms with E-state index in [9.17, 15) is 18.0 Å². The third-order valence-electron chi connectivity index (χ3n) is 4.99. The number of carboxylic acid groups (broad SMARTS) is 1. The molecule has 2 fully saturated rings. The molecule has 4 rings (SSSR count). The van der Waals surface area contributed by atoms with Crippen molar-refractivity contribution < 1.29 is 32.3 Å². The Morgan fingerprint density at radius 3 is 2.59 bits per heavy atom. The molecular weight excluding hydrogens is 391 g/mol. The Morgan fingerprint density at radius 2 is 2.00 bits per heavy atom. The number of carbonyl (C=O) groups excluding carboxylic acids is 1. The van der Waals surface area contributed by atoms with Crippen molar-refractivity contribution in [2.24, 2.45) is 0 Å². The van der Waals surface area contributed by atoms with Crippen molar-refractivity contribution >= 4 is 11.9 Å². The molecule has 2 aromatic rings. The van der Waals surface area contributed by atoms with Crippen LogP contribution >= 0.6 is 0 Å². The van der Waals surface area contributed by atoms with Gasteiger partial charge in [0.2, 0.25) is 5.91 Å². The molecule has 0 radical (unpaired) electrons. The molecule has 156 valence electrons. The summed E-state index contributed by atoms with van der Waals surface area (Å²) in [5.74, 6) is -1.53. The first-order chi connectivity index (χ1) is 13.8. The number of halogens is 3. The summed E-state index contributed by atoms with van der Waals surface area (Å²) in [6.07, 6.45) is 1.88. The predicted molar refractivity (Wildman–Crippen MR) is 94.4 cm³/mol. The molecule has 10 heteroatoms. The lowest BCUT2D eigenvalue weighted by Crippen LogP contribution is -2.36. The number of aromatic nitrogens is 1. The average molecular weight is 411 g/mol. The third kappa shape index (κ3) is 5.14. The Bertz CT molecular complexity index is 827. The van der Waals surface area contributed by atoms with Crippen LogP contribution in [-0.2, 0) is 22.7 Å². The summed E-state index contributed by atoms with van der Waals surface area (Å²) in [6.45, 7) is 2.48. The van der Waals surface area contributed by atoms with Gasteiger partial charge < -0.3 is 14.4 Å². The number of carbonyl (C=O) groups is 2. The number of furan rings is 1. The lowest BCUT2D eigenvalue weighted by molar-refractivity contribution is -0.192. The van der Waals surface area contributed by atoms with E-state index in [-0.39, 0.29) is 5.91 Å². The fourth-order valence-electron chi connectivity index (χ4n) is 3.70. The van der Waals surface area contributed by atoms with Crippen LogP contribution in [-0.4, -0.2) is 56.6 Å². The lowest BCUT2D eigenvalue weighted by atomic mass is 10.1. The smallest absolute Gasteiger partial charge is 0.475 e. The Labute approximate surface area is 164 Å². The van der Waals surface area contributed by atoms with E-state index in [2.05, 4.69) is 9.88 Å². The van der Waals surface area contributed by atoms with Crippen molar-refractivity contribution in [2.75, 3.05) is 6.54 Å². The van der Waals surface area contributed by atoms with Gasteiger partial charge in [0.25, 0.3) is 0 Å². The second-order valence-electron chi connectivity index (χ2n) is 6.86. The van der Waals surface area contributed by atoms with Crippen molar-refractivity contribution in [1.82, 2.24) is 14.8 Å². The zero-order valence-corrected chi connectivity index (χ0v) is 15.4. The van der Waals surface area contributed by atoms with E-state index in [1.807, 2.05) is 35.4 Å². The van der Waals surface area contributed by atoms with Gasteiger partial charge in [0, 0.05) is 44.0 Å². The normalized spacial score (nSPS) is 21.6. The van der Waals surface area contributed by atoms with Gasteiger partial charge in [-0.05, 0) is 30.2 Å². The van der Waals surface area contributed by atoms with Gasteiger partial charge in [-0.2, -0.15) is 13.2 Å². The SMILES string of the molecule is O=C(O)C(F)(F)F.O=C1CC2C(CCN2Cc2ccco2)N1Cc1cccnc1. The molecule has 0 bridgehead atoms. The van der Waals surface area contributed by atoms with Gasteiger partial charge >= 0.3 is 12.1 Å². The van der Waals surface area contributed by atoms with Gasteiger partial charge in [-0.15, -0.1) is 0 Å². The van der Waals surface area contributed by atoms with Crippen LogP contribution in [0.5, 0.6) is 0 Å². The average Bonchev–Trinajstić information content (AvgIpc) is 3.37. The molecule has 2 aliphatic heterocycles. The molecule has 0 spiro atoms. The monoisotopic (exact) mass is 411 g/mol. The van der Waals surface area contributed by atoms with E-state index in [1.54, 1.807) is 12.5 Å². The number of nitrogens with zero attached hydrogens (tertiary/aromatic N) is 3. The molecule has 2 unspecified atom stereocenters. The fourth-order valence-corrected chi connectivity index (χ4v) is 3.70. The first-order valence-electron chi connectivity index (χ1n) is 9.00. The molecule has 7 nitrogen and oxygen atoms in total. The molecular formula is C19H20F3N3O4. The van der Waals surface area contributed by atoms with Crippen LogP contribution in [0.1, 0.15) is 24.2 Å². The summed E-state index contributed by atoms with van der Waals surface area (Å²) >= 11 is 0. The maximum atomic E-state index is 12.4. The number of rotatable bonds is 4. The van der Waals surface area contributed by atoms with Crippen LogP contribution in [0.4, 0.5) is 13.2 Å². The van der Waals surface area contributed by atoms with Gasteiger partial charge in [0.05, 0.1) is 12.8 Å². The highest BCUT2D eigenvalue weighted by Gasteiger charge is 2.46. The zero-order chi connectivity index (χ0) is 21.0. The van der Waals surface area contributed by atoms with E-state index in [0.29, 0.717) is 25.0 Å². The number of fused-ring (bicyclic) bond motifs is 1. The molecule has 4 heterocycles. The summed E-state index contributed by atoms with van der Waals surface area (Å²) in [5, 5.41) is 7.12. The Balaban J connectivity index is 0.000000298. The molecule has 2 aromatic heterocycles. The summed E-state index contributed by atoms with van der Waals surface area (Å²) in [4.78, 5) is 29.8. The minimum atomic E-state index is -5.08. The van der Waals surface area contributed by atoms with Crippen LogP contribution in [0.25, 0.3) is 0 Å². The molecule has 0 saturated carbocycles. The summed E-state index contributed by atoms with van der Waals surface area (Å²) in [6, 6.07) is 8.50. The van der Waals surface area contributed by atoms with Crippen molar-refractivity contribution in [3.05, 3.63) is 54.2 Å². The van der Waals surface area contributed by atoms with Gasteiger partial charge in [-0.25, -0.2) is 4.79 Å². The number of aliphatic carboxylic acids is 1. The highest BCUT2D eigenvalue weighted by atomic mass is 19.4. The highest BCUT2D eigenvalue weighted by Crippen LogP contribution is 2.34. The molecule has 2 saturated heterocycles. The van der Waals surface area contributed by atoms with Crippen molar-refractivity contribution in [2.45, 2.75) is 44.2 Å². The maximum Gasteiger partial charge on any atom is 0.490 e. The van der Waals surface area contributed by atoms with E-state index in [0.717, 1.165) is 30.8 Å². The second kappa shape index (κ2) is 8.64. The Hall–Kier alpha value is -2.88. The standard InChI is InChI=1S/C17H19N3O2.C2HF3O2/c21-17-9-16-15(20(17)11-13-3-1-6-18-10-13)5-7-19(16)12-14-4-2-8-22-14;3-2(4,5)1(6)7/h1-4,6,8,10,15-16H,5,7,9,11-12H2;(H,6,7). The second-order valence-corrected chi connectivity index (χ2v) is 6.86. The summed E-state index contributed by atoms with van der Waals surface area (Å²) in [7, 11) is 0. The predicted octanol–water partition coefficient (Wildman–Crippen LogP) is 2.68. The van der Waals surface area contributed by atoms with E-state index in [1.165, 1.54) is 0 Å². The van der Waals surface area contributed by atoms with Gasteiger partial charge in [-0.1, -0.05) is 6.07 Å². The van der Waals surface area contributed by atoms with Gasteiger partial charge in [0.15, 0.2) is 0 Å². The number of hydrogen-bond donors (Lipinski definition) is 1. The zero-order valence-electron chi connectivity index (χ0n) is 15.4. The molecule has 2 atom stereocenters. The highest BCUT2D eigenvalue weighted by molar-refractivity contribution is 5.80. The number of amides is 1. The molecule has 1 amide bonds. The lowest BCUT2D eigenvalue weighted by Gasteiger charge is -2.25. The Morgan fingerprint density at radius 1 is 1.24 bits per heavy atom. The number of carboxylic acids is 1.